The SMILES string of the molecule is CCOC(=O)Oc1ccc(C(=O)Nc2cccc(NC(=O)/C=C/C(C)(C)C)c2)cc1. The number of benzene rings is 2. The highest BCUT2D eigenvalue weighted by atomic mass is 16.7. The maximum atomic E-state index is 12.5. The summed E-state index contributed by atoms with van der Waals surface area (Å²) in [6.45, 7) is 7.90. The van der Waals surface area contributed by atoms with E-state index in [2.05, 4.69) is 10.6 Å². The van der Waals surface area contributed by atoms with Crippen molar-refractivity contribution in [3.63, 3.8) is 0 Å². The first-order valence-corrected chi connectivity index (χ1v) is 9.52. The van der Waals surface area contributed by atoms with E-state index in [1.54, 1.807) is 31.2 Å². The first kappa shape index (κ1) is 22.7. The van der Waals surface area contributed by atoms with Crippen molar-refractivity contribution in [2.45, 2.75) is 27.7 Å². The van der Waals surface area contributed by atoms with Crippen LogP contribution in [0.15, 0.2) is 60.7 Å². The average Bonchev–Trinajstić information content (AvgIpc) is 2.67. The first-order chi connectivity index (χ1) is 14.2. The van der Waals surface area contributed by atoms with Crippen LogP contribution in [0.2, 0.25) is 0 Å². The van der Waals surface area contributed by atoms with Gasteiger partial charge in [0, 0.05) is 16.9 Å². The van der Waals surface area contributed by atoms with Gasteiger partial charge >= 0.3 is 6.16 Å². The molecule has 0 atom stereocenters. The van der Waals surface area contributed by atoms with Gasteiger partial charge in [-0.25, -0.2) is 4.79 Å². The van der Waals surface area contributed by atoms with Crippen LogP contribution in [0.1, 0.15) is 38.1 Å². The second kappa shape index (κ2) is 10.2. The summed E-state index contributed by atoms with van der Waals surface area (Å²) in [4.78, 5) is 35.8. The van der Waals surface area contributed by atoms with Crippen molar-refractivity contribution >= 4 is 29.3 Å². The number of allylic oxidation sites excluding steroid dienone is 1. The number of carbonyl (C=O) groups excluding carboxylic acids is 3. The fourth-order valence-electron chi connectivity index (χ4n) is 2.31. The highest BCUT2D eigenvalue weighted by molar-refractivity contribution is 6.05. The number of ether oxygens (including phenoxy) is 2. The molecule has 2 amide bonds. The molecule has 0 unspecified atom stereocenters. The van der Waals surface area contributed by atoms with Gasteiger partial charge in [0.1, 0.15) is 5.75 Å². The predicted octanol–water partition coefficient (Wildman–Crippen LogP) is 5.02. The molecule has 0 heterocycles. The standard InChI is InChI=1S/C23H26N2O5/c1-5-29-22(28)30-19-11-9-16(10-12-19)21(27)25-18-8-6-7-17(15-18)24-20(26)13-14-23(2,3)4/h6-15H,5H2,1-4H3,(H,24,26)(H,25,27)/b14-13+. The minimum absolute atomic E-state index is 0.0932. The number of hydrogen-bond donors (Lipinski definition) is 2. The molecular weight excluding hydrogens is 384 g/mol. The predicted molar refractivity (Wildman–Crippen MR) is 116 cm³/mol. The van der Waals surface area contributed by atoms with Crippen LogP contribution in [0.25, 0.3) is 0 Å². The van der Waals surface area contributed by atoms with E-state index in [9.17, 15) is 14.4 Å². The number of anilines is 2. The summed E-state index contributed by atoms with van der Waals surface area (Å²) in [6.07, 6.45) is 2.51. The molecule has 0 saturated heterocycles. The van der Waals surface area contributed by atoms with Gasteiger partial charge in [0.15, 0.2) is 0 Å². The Hall–Kier alpha value is -3.61. The van der Waals surface area contributed by atoms with Gasteiger partial charge in [0.05, 0.1) is 6.61 Å². The average molecular weight is 410 g/mol. The summed E-state index contributed by atoms with van der Waals surface area (Å²) in [6, 6.07) is 12.9. The fraction of sp³-hybridized carbons (Fsp3) is 0.261. The zero-order chi connectivity index (χ0) is 22.1. The van der Waals surface area contributed by atoms with Crippen molar-refractivity contribution in [3.05, 3.63) is 66.2 Å². The summed E-state index contributed by atoms with van der Waals surface area (Å²) < 4.78 is 9.66. The molecule has 7 nitrogen and oxygen atoms in total. The molecule has 0 aromatic heterocycles. The quantitative estimate of drug-likeness (QED) is 0.396. The summed E-state index contributed by atoms with van der Waals surface area (Å²) in [5.41, 5.74) is 1.39. The number of amides is 2. The molecule has 0 spiro atoms. The number of carbonyl (C=O) groups is 3. The van der Waals surface area contributed by atoms with Gasteiger partial charge in [-0.05, 0) is 60.9 Å². The summed E-state index contributed by atoms with van der Waals surface area (Å²) >= 11 is 0. The van der Waals surface area contributed by atoms with Crippen molar-refractivity contribution in [1.29, 1.82) is 0 Å². The lowest BCUT2D eigenvalue weighted by molar-refractivity contribution is -0.112. The van der Waals surface area contributed by atoms with Crippen LogP contribution in [-0.4, -0.2) is 24.6 Å². The van der Waals surface area contributed by atoms with E-state index in [0.29, 0.717) is 16.9 Å². The van der Waals surface area contributed by atoms with Gasteiger partial charge in [0.2, 0.25) is 5.91 Å². The summed E-state index contributed by atoms with van der Waals surface area (Å²) in [5, 5.41) is 5.53. The molecule has 0 saturated carbocycles. The highest BCUT2D eigenvalue weighted by Gasteiger charge is 2.10. The lowest BCUT2D eigenvalue weighted by Crippen LogP contribution is -2.13. The van der Waals surface area contributed by atoms with Crippen molar-refractivity contribution in [2.75, 3.05) is 17.2 Å². The van der Waals surface area contributed by atoms with Crippen LogP contribution in [0.5, 0.6) is 5.75 Å². The topological polar surface area (TPSA) is 93.7 Å². The Morgan fingerprint density at radius 2 is 1.60 bits per heavy atom. The van der Waals surface area contributed by atoms with E-state index < -0.39 is 6.16 Å². The van der Waals surface area contributed by atoms with Gasteiger partial charge in [-0.15, -0.1) is 0 Å². The third-order valence-electron chi connectivity index (χ3n) is 3.70. The van der Waals surface area contributed by atoms with Gasteiger partial charge in [0.25, 0.3) is 5.91 Å². The lowest BCUT2D eigenvalue weighted by Gasteiger charge is -2.11. The molecule has 0 aliphatic carbocycles. The first-order valence-electron chi connectivity index (χ1n) is 9.52. The van der Waals surface area contributed by atoms with Gasteiger partial charge in [-0.3, -0.25) is 9.59 Å². The van der Waals surface area contributed by atoms with E-state index in [1.165, 1.54) is 30.3 Å². The van der Waals surface area contributed by atoms with Crippen molar-refractivity contribution in [3.8, 4) is 5.75 Å². The Labute approximate surface area is 176 Å². The number of nitrogens with one attached hydrogen (secondary N) is 2. The van der Waals surface area contributed by atoms with Crippen LogP contribution in [0.4, 0.5) is 16.2 Å². The van der Waals surface area contributed by atoms with Gasteiger partial charge in [-0.2, -0.15) is 0 Å². The smallest absolute Gasteiger partial charge is 0.434 e. The monoisotopic (exact) mass is 410 g/mol. The molecule has 7 heteroatoms. The Kier molecular flexibility index (Phi) is 7.75. The van der Waals surface area contributed by atoms with Gasteiger partial charge in [-0.1, -0.05) is 32.9 Å². The van der Waals surface area contributed by atoms with Crippen molar-refractivity contribution in [2.24, 2.45) is 5.41 Å². The molecular formula is C23H26N2O5. The molecule has 158 valence electrons. The normalized spacial score (nSPS) is 11.1. The minimum atomic E-state index is -0.800. The minimum Gasteiger partial charge on any atom is -0.434 e. The van der Waals surface area contributed by atoms with Gasteiger partial charge < -0.3 is 20.1 Å². The molecule has 0 bridgehead atoms. The maximum absolute atomic E-state index is 12.5. The van der Waals surface area contributed by atoms with Crippen LogP contribution in [0.3, 0.4) is 0 Å². The molecule has 2 aromatic rings. The van der Waals surface area contributed by atoms with Crippen LogP contribution < -0.4 is 15.4 Å². The lowest BCUT2D eigenvalue weighted by atomic mass is 9.96. The highest BCUT2D eigenvalue weighted by Crippen LogP contribution is 2.19. The molecule has 2 N–H and O–H groups in total. The van der Waals surface area contributed by atoms with Crippen molar-refractivity contribution in [1.82, 2.24) is 0 Å². The summed E-state index contributed by atoms with van der Waals surface area (Å²) in [5.74, 6) is -0.308. The Bertz CT molecular complexity index is 927. The Balaban J connectivity index is 1.98. The number of rotatable bonds is 6. The molecule has 2 aromatic carbocycles. The third-order valence-corrected chi connectivity index (χ3v) is 3.70. The maximum Gasteiger partial charge on any atom is 0.513 e. The molecule has 30 heavy (non-hydrogen) atoms. The third kappa shape index (κ3) is 7.79. The van der Waals surface area contributed by atoms with E-state index >= 15 is 0 Å². The van der Waals surface area contributed by atoms with Crippen LogP contribution in [0, 0.1) is 5.41 Å². The van der Waals surface area contributed by atoms with Crippen molar-refractivity contribution < 1.29 is 23.9 Å². The largest absolute Gasteiger partial charge is 0.513 e. The van der Waals surface area contributed by atoms with E-state index in [0.717, 1.165) is 0 Å². The number of hydrogen-bond acceptors (Lipinski definition) is 5. The van der Waals surface area contributed by atoms with Crippen LogP contribution in [-0.2, 0) is 9.53 Å². The van der Waals surface area contributed by atoms with E-state index in [1.807, 2.05) is 26.8 Å². The zero-order valence-electron chi connectivity index (χ0n) is 17.5. The Morgan fingerprint density at radius 3 is 2.20 bits per heavy atom. The fourth-order valence-corrected chi connectivity index (χ4v) is 2.31. The molecule has 0 radical (unpaired) electrons. The summed E-state index contributed by atoms with van der Waals surface area (Å²) in [7, 11) is 0. The molecule has 0 aliphatic rings. The molecule has 0 aliphatic heterocycles. The zero-order valence-corrected chi connectivity index (χ0v) is 17.5. The molecule has 0 fully saturated rings. The van der Waals surface area contributed by atoms with Crippen LogP contribution >= 0.6 is 0 Å². The Morgan fingerprint density at radius 1 is 0.967 bits per heavy atom. The molecule has 2 rings (SSSR count). The second-order valence-electron chi connectivity index (χ2n) is 7.53. The van der Waals surface area contributed by atoms with E-state index in [-0.39, 0.29) is 29.6 Å². The van der Waals surface area contributed by atoms with E-state index in [4.69, 9.17) is 9.47 Å². The second-order valence-corrected chi connectivity index (χ2v) is 7.53.